The van der Waals surface area contributed by atoms with E-state index in [4.69, 9.17) is 0 Å². The highest BCUT2D eigenvalue weighted by molar-refractivity contribution is 7.13. The molecule has 2 heterocycles. The number of thiazole rings is 1. The van der Waals surface area contributed by atoms with Crippen molar-refractivity contribution in [2.24, 2.45) is 0 Å². The molecular weight excluding hydrogens is 398 g/mol. The molecule has 0 bridgehead atoms. The topological polar surface area (TPSA) is 79.4 Å². The van der Waals surface area contributed by atoms with E-state index in [9.17, 15) is 14.4 Å². The highest BCUT2D eigenvalue weighted by Crippen LogP contribution is 2.23. The van der Waals surface area contributed by atoms with Gasteiger partial charge >= 0.3 is 0 Å². The van der Waals surface area contributed by atoms with Crippen LogP contribution in [0.4, 0.5) is 5.13 Å². The Morgan fingerprint density at radius 1 is 0.967 bits per heavy atom. The third-order valence-corrected chi connectivity index (χ3v) is 5.80. The van der Waals surface area contributed by atoms with Gasteiger partial charge in [-0.3, -0.25) is 19.3 Å². The van der Waals surface area contributed by atoms with Crippen molar-refractivity contribution in [3.8, 4) is 0 Å². The molecule has 3 amide bonds. The van der Waals surface area contributed by atoms with Crippen molar-refractivity contribution in [2.75, 3.05) is 11.9 Å². The summed E-state index contributed by atoms with van der Waals surface area (Å²) < 4.78 is 0. The summed E-state index contributed by atoms with van der Waals surface area (Å²) in [6, 6.07) is 15.1. The van der Waals surface area contributed by atoms with E-state index in [1.165, 1.54) is 28.7 Å². The molecule has 0 atom stereocenters. The fourth-order valence-corrected chi connectivity index (χ4v) is 4.32. The Hall–Kier alpha value is -3.32. The molecule has 0 saturated heterocycles. The smallest absolute Gasteiger partial charge is 0.261 e. The zero-order chi connectivity index (χ0) is 21.1. The number of amides is 3. The summed E-state index contributed by atoms with van der Waals surface area (Å²) in [7, 11) is 0. The minimum Gasteiger partial charge on any atom is -0.302 e. The normalized spacial score (nSPS) is 12.9. The second kappa shape index (κ2) is 8.59. The van der Waals surface area contributed by atoms with Crippen molar-refractivity contribution in [1.29, 1.82) is 0 Å². The van der Waals surface area contributed by atoms with Crippen LogP contribution in [0.1, 0.15) is 44.5 Å². The van der Waals surface area contributed by atoms with Gasteiger partial charge in [0.25, 0.3) is 11.8 Å². The second-order valence-electron chi connectivity index (χ2n) is 7.20. The summed E-state index contributed by atoms with van der Waals surface area (Å²) >= 11 is 1.42. The Morgan fingerprint density at radius 2 is 1.63 bits per heavy atom. The first-order valence-corrected chi connectivity index (χ1v) is 10.6. The molecule has 1 aromatic heterocycles. The molecule has 7 heteroatoms. The Labute approximate surface area is 178 Å². The SMILES string of the molecule is CC(=O)Nc1nc(CCc2cccc(CCN3C(=O)c4ccccc4C3=O)c2)cs1. The molecule has 0 fully saturated rings. The molecule has 2 aromatic carbocycles. The van der Waals surface area contributed by atoms with Gasteiger partial charge in [-0.05, 0) is 42.5 Å². The summed E-state index contributed by atoms with van der Waals surface area (Å²) in [6.07, 6.45) is 2.21. The number of aryl methyl sites for hydroxylation is 2. The number of carbonyl (C=O) groups excluding carboxylic acids is 3. The van der Waals surface area contributed by atoms with Crippen molar-refractivity contribution >= 4 is 34.2 Å². The Morgan fingerprint density at radius 3 is 2.30 bits per heavy atom. The molecule has 0 saturated carbocycles. The van der Waals surface area contributed by atoms with Gasteiger partial charge in [0.2, 0.25) is 5.91 Å². The van der Waals surface area contributed by atoms with Crippen LogP contribution in [0.25, 0.3) is 0 Å². The molecule has 4 rings (SSSR count). The molecule has 0 unspecified atom stereocenters. The lowest BCUT2D eigenvalue weighted by Gasteiger charge is -2.14. The number of anilines is 1. The maximum absolute atomic E-state index is 12.5. The van der Waals surface area contributed by atoms with Gasteiger partial charge in [0.1, 0.15) is 0 Å². The number of fused-ring (bicyclic) bond motifs is 1. The largest absolute Gasteiger partial charge is 0.302 e. The van der Waals surface area contributed by atoms with Crippen LogP contribution in [-0.4, -0.2) is 34.2 Å². The molecule has 1 aliphatic rings. The first kappa shape index (κ1) is 20.0. The zero-order valence-corrected chi connectivity index (χ0v) is 17.4. The van der Waals surface area contributed by atoms with E-state index in [0.717, 1.165) is 24.1 Å². The maximum Gasteiger partial charge on any atom is 0.261 e. The number of rotatable bonds is 7. The van der Waals surface area contributed by atoms with Gasteiger partial charge in [0, 0.05) is 18.8 Å². The Balaban J connectivity index is 1.35. The lowest BCUT2D eigenvalue weighted by atomic mass is 10.0. The van der Waals surface area contributed by atoms with Crippen LogP contribution in [0, 0.1) is 0 Å². The molecule has 0 radical (unpaired) electrons. The molecule has 1 N–H and O–H groups in total. The maximum atomic E-state index is 12.5. The third-order valence-electron chi connectivity index (χ3n) is 5.00. The molecule has 30 heavy (non-hydrogen) atoms. The van der Waals surface area contributed by atoms with E-state index in [-0.39, 0.29) is 17.7 Å². The standard InChI is InChI=1S/C23H21N3O3S/c1-15(27)24-23-25-18(14-30-23)10-9-16-5-4-6-17(13-16)11-12-26-21(28)19-7-2-3-8-20(19)22(26)29/h2-8,13-14H,9-12H2,1H3,(H,24,25,27). The van der Waals surface area contributed by atoms with E-state index in [1.807, 2.05) is 17.5 Å². The number of carbonyl (C=O) groups is 3. The van der Waals surface area contributed by atoms with Crippen LogP contribution in [0.2, 0.25) is 0 Å². The van der Waals surface area contributed by atoms with Gasteiger partial charge in [0.05, 0.1) is 16.8 Å². The third kappa shape index (κ3) is 4.31. The van der Waals surface area contributed by atoms with Gasteiger partial charge in [-0.2, -0.15) is 0 Å². The molecule has 3 aromatic rings. The van der Waals surface area contributed by atoms with E-state index in [0.29, 0.717) is 29.2 Å². The van der Waals surface area contributed by atoms with E-state index < -0.39 is 0 Å². The van der Waals surface area contributed by atoms with Crippen molar-refractivity contribution in [3.05, 3.63) is 81.9 Å². The lowest BCUT2D eigenvalue weighted by Crippen LogP contribution is -2.31. The van der Waals surface area contributed by atoms with E-state index >= 15 is 0 Å². The molecule has 0 aliphatic carbocycles. The van der Waals surface area contributed by atoms with Crippen LogP contribution in [0.15, 0.2) is 53.9 Å². The fraction of sp³-hybridized carbons (Fsp3) is 0.217. The number of hydrogen-bond acceptors (Lipinski definition) is 5. The molecular formula is C23H21N3O3S. The number of nitrogens with zero attached hydrogens (tertiary/aromatic N) is 2. The summed E-state index contributed by atoms with van der Waals surface area (Å²) in [5.41, 5.74) is 4.17. The summed E-state index contributed by atoms with van der Waals surface area (Å²) in [5.74, 6) is -0.558. The molecule has 6 nitrogen and oxygen atoms in total. The number of imide groups is 1. The average molecular weight is 420 g/mol. The minimum absolute atomic E-state index is 0.123. The number of aromatic nitrogens is 1. The highest BCUT2D eigenvalue weighted by Gasteiger charge is 2.34. The van der Waals surface area contributed by atoms with Crippen molar-refractivity contribution in [3.63, 3.8) is 0 Å². The summed E-state index contributed by atoms with van der Waals surface area (Å²) in [4.78, 5) is 41.9. The Kier molecular flexibility index (Phi) is 5.72. The van der Waals surface area contributed by atoms with Crippen LogP contribution in [-0.2, 0) is 24.1 Å². The quantitative estimate of drug-likeness (QED) is 0.592. The fourth-order valence-electron chi connectivity index (χ4n) is 3.53. The van der Waals surface area contributed by atoms with Gasteiger partial charge in [-0.25, -0.2) is 4.98 Å². The Bertz CT molecular complexity index is 1090. The first-order valence-electron chi connectivity index (χ1n) is 9.76. The molecule has 152 valence electrons. The molecule has 1 aliphatic heterocycles. The van der Waals surface area contributed by atoms with Gasteiger partial charge in [0.15, 0.2) is 5.13 Å². The highest BCUT2D eigenvalue weighted by atomic mass is 32.1. The van der Waals surface area contributed by atoms with Crippen molar-refractivity contribution in [2.45, 2.75) is 26.2 Å². The van der Waals surface area contributed by atoms with Crippen LogP contribution in [0.5, 0.6) is 0 Å². The minimum atomic E-state index is -0.217. The van der Waals surface area contributed by atoms with Crippen molar-refractivity contribution in [1.82, 2.24) is 9.88 Å². The van der Waals surface area contributed by atoms with Crippen LogP contribution >= 0.6 is 11.3 Å². The van der Waals surface area contributed by atoms with Gasteiger partial charge in [-0.15, -0.1) is 11.3 Å². The number of hydrogen-bond donors (Lipinski definition) is 1. The van der Waals surface area contributed by atoms with Crippen LogP contribution < -0.4 is 5.32 Å². The number of nitrogens with one attached hydrogen (secondary N) is 1. The second-order valence-corrected chi connectivity index (χ2v) is 8.06. The predicted octanol–water partition coefficient (Wildman–Crippen LogP) is 3.73. The first-order chi connectivity index (χ1) is 14.5. The average Bonchev–Trinajstić information content (AvgIpc) is 3.28. The zero-order valence-electron chi connectivity index (χ0n) is 16.6. The van der Waals surface area contributed by atoms with Crippen molar-refractivity contribution < 1.29 is 14.4 Å². The van der Waals surface area contributed by atoms with Gasteiger partial charge < -0.3 is 5.32 Å². The summed E-state index contributed by atoms with van der Waals surface area (Å²) in [5, 5.41) is 5.27. The lowest BCUT2D eigenvalue weighted by molar-refractivity contribution is -0.114. The van der Waals surface area contributed by atoms with Crippen LogP contribution in [0.3, 0.4) is 0 Å². The monoisotopic (exact) mass is 419 g/mol. The predicted molar refractivity (Wildman–Crippen MR) is 116 cm³/mol. The number of benzene rings is 2. The summed E-state index contributed by atoms with van der Waals surface area (Å²) in [6.45, 7) is 1.83. The van der Waals surface area contributed by atoms with E-state index in [2.05, 4.69) is 22.4 Å². The van der Waals surface area contributed by atoms with E-state index in [1.54, 1.807) is 24.3 Å². The van der Waals surface area contributed by atoms with Gasteiger partial charge in [-0.1, -0.05) is 36.4 Å². The molecule has 0 spiro atoms.